The van der Waals surface area contributed by atoms with Crippen molar-refractivity contribution in [3.8, 4) is 0 Å². The molecule has 2 heterocycles. The van der Waals surface area contributed by atoms with Crippen LogP contribution in [0.15, 0.2) is 41.3 Å². The zero-order chi connectivity index (χ0) is 29.0. The minimum Gasteiger partial charge on any atom is -0.356 e. The van der Waals surface area contributed by atoms with Gasteiger partial charge in [-0.05, 0) is 80.8 Å². The average Bonchev–Trinajstić information content (AvgIpc) is 2.91. The van der Waals surface area contributed by atoms with Gasteiger partial charge in [0.15, 0.2) is 0 Å². The molecule has 1 fully saturated rings. The number of rotatable bonds is 9. The molecule has 1 unspecified atom stereocenters. The van der Waals surface area contributed by atoms with Crippen LogP contribution in [0.25, 0.3) is 0 Å². The molecule has 1 atom stereocenters. The highest BCUT2D eigenvalue weighted by atomic mass is 35.5. The Balaban J connectivity index is 1.46. The molecule has 40 heavy (non-hydrogen) atoms. The lowest BCUT2D eigenvalue weighted by Crippen LogP contribution is -2.53. The number of carbonyl (C=O) groups is 3. The number of nitrogens with zero attached hydrogens (tertiary/aromatic N) is 2. The van der Waals surface area contributed by atoms with E-state index in [1.807, 2.05) is 11.8 Å². The van der Waals surface area contributed by atoms with Crippen LogP contribution < -0.4 is 14.9 Å². The Kier molecular flexibility index (Phi) is 9.41. The van der Waals surface area contributed by atoms with E-state index in [2.05, 4.69) is 10.6 Å². The molecule has 2 N–H and O–H groups in total. The Morgan fingerprint density at radius 3 is 2.50 bits per heavy atom. The fraction of sp³-hybridized carbons (Fsp3) is 0.483. The van der Waals surface area contributed by atoms with Crippen molar-refractivity contribution in [1.29, 1.82) is 0 Å². The molecule has 2 aromatic rings. The standard InChI is InChI=1S/C29H37ClN4O5S/c1-4-7-28(36)33-14-11-21(12-15-33)10-13-31-27(35)18-25-29(37)32-23-8-5-6-9-24(23)34(25)40(38,39)26-17-19(2)22(30)16-20(26)3/h5-6,8-9,16-17,21,25H,4,7,10-15,18H2,1-3H3,(H,31,35)(H,32,37). The summed E-state index contributed by atoms with van der Waals surface area (Å²) in [6, 6.07) is 8.48. The van der Waals surface area contributed by atoms with Crippen molar-refractivity contribution in [3.05, 3.63) is 52.5 Å². The predicted molar refractivity (Wildman–Crippen MR) is 156 cm³/mol. The van der Waals surface area contributed by atoms with Gasteiger partial charge in [0, 0.05) is 31.1 Å². The molecular weight excluding hydrogens is 552 g/mol. The van der Waals surface area contributed by atoms with Crippen molar-refractivity contribution in [1.82, 2.24) is 10.2 Å². The Labute approximate surface area is 241 Å². The lowest BCUT2D eigenvalue weighted by atomic mass is 9.93. The van der Waals surface area contributed by atoms with Gasteiger partial charge in [-0.2, -0.15) is 0 Å². The number of halogens is 1. The summed E-state index contributed by atoms with van der Waals surface area (Å²) < 4.78 is 29.2. The van der Waals surface area contributed by atoms with Gasteiger partial charge in [-0.1, -0.05) is 30.7 Å². The first-order chi connectivity index (χ1) is 19.0. The highest BCUT2D eigenvalue weighted by molar-refractivity contribution is 7.93. The van der Waals surface area contributed by atoms with Crippen LogP contribution in [-0.2, 0) is 24.4 Å². The molecule has 216 valence electrons. The molecule has 4 rings (SSSR count). The number of amides is 3. The smallest absolute Gasteiger partial charge is 0.265 e. The van der Waals surface area contributed by atoms with E-state index in [0.717, 1.165) is 43.1 Å². The van der Waals surface area contributed by atoms with Gasteiger partial charge in [-0.3, -0.25) is 18.7 Å². The van der Waals surface area contributed by atoms with Crippen LogP contribution >= 0.6 is 11.6 Å². The number of benzene rings is 2. The highest BCUT2D eigenvalue weighted by Crippen LogP contribution is 2.38. The van der Waals surface area contributed by atoms with Crippen molar-refractivity contribution >= 4 is 50.7 Å². The highest BCUT2D eigenvalue weighted by Gasteiger charge is 2.42. The maximum atomic E-state index is 14.1. The monoisotopic (exact) mass is 588 g/mol. The number of nitrogens with one attached hydrogen (secondary N) is 2. The molecule has 2 aliphatic heterocycles. The first-order valence-corrected chi connectivity index (χ1v) is 15.6. The molecule has 0 bridgehead atoms. The van der Waals surface area contributed by atoms with Gasteiger partial charge in [0.05, 0.1) is 22.7 Å². The van der Waals surface area contributed by atoms with E-state index in [4.69, 9.17) is 11.6 Å². The zero-order valence-electron chi connectivity index (χ0n) is 23.2. The van der Waals surface area contributed by atoms with Crippen LogP contribution in [0.5, 0.6) is 0 Å². The fourth-order valence-corrected chi connectivity index (χ4v) is 7.52. The molecule has 2 aromatic carbocycles. The van der Waals surface area contributed by atoms with Gasteiger partial charge in [0.2, 0.25) is 17.7 Å². The Morgan fingerprint density at radius 2 is 1.80 bits per heavy atom. The lowest BCUT2D eigenvalue weighted by Gasteiger charge is -2.37. The minimum absolute atomic E-state index is 0.0353. The third-order valence-corrected chi connectivity index (χ3v) is 10.0. The van der Waals surface area contributed by atoms with Crippen molar-refractivity contribution < 1.29 is 22.8 Å². The van der Waals surface area contributed by atoms with E-state index in [9.17, 15) is 22.8 Å². The van der Waals surface area contributed by atoms with E-state index >= 15 is 0 Å². The number of likely N-dealkylation sites (tertiary alicyclic amines) is 1. The molecule has 0 saturated carbocycles. The van der Waals surface area contributed by atoms with E-state index in [0.29, 0.717) is 46.4 Å². The van der Waals surface area contributed by atoms with E-state index in [1.54, 1.807) is 44.2 Å². The minimum atomic E-state index is -4.23. The molecule has 2 aliphatic rings. The molecule has 9 nitrogen and oxygen atoms in total. The third-order valence-electron chi connectivity index (χ3n) is 7.66. The summed E-state index contributed by atoms with van der Waals surface area (Å²) in [7, 11) is -4.23. The zero-order valence-corrected chi connectivity index (χ0v) is 24.8. The maximum absolute atomic E-state index is 14.1. The van der Waals surface area contributed by atoms with Crippen LogP contribution in [0, 0.1) is 19.8 Å². The van der Waals surface area contributed by atoms with E-state index in [1.165, 1.54) is 6.07 Å². The summed E-state index contributed by atoms with van der Waals surface area (Å²) in [6.45, 7) is 7.25. The van der Waals surface area contributed by atoms with E-state index in [-0.39, 0.29) is 17.2 Å². The predicted octanol–water partition coefficient (Wildman–Crippen LogP) is 4.41. The second-order valence-corrected chi connectivity index (χ2v) is 12.8. The van der Waals surface area contributed by atoms with Crippen LogP contribution in [0.3, 0.4) is 0 Å². The molecular formula is C29H37ClN4O5S. The summed E-state index contributed by atoms with van der Waals surface area (Å²) in [4.78, 5) is 40.3. The number of hydrogen-bond donors (Lipinski definition) is 2. The normalized spacial score (nSPS) is 17.8. The Morgan fingerprint density at radius 1 is 1.10 bits per heavy atom. The molecule has 0 radical (unpaired) electrons. The number of piperidine rings is 1. The van der Waals surface area contributed by atoms with Gasteiger partial charge >= 0.3 is 0 Å². The van der Waals surface area contributed by atoms with Gasteiger partial charge in [0.1, 0.15) is 6.04 Å². The topological polar surface area (TPSA) is 116 Å². The number of para-hydroxylation sites is 2. The summed E-state index contributed by atoms with van der Waals surface area (Å²) >= 11 is 6.22. The SMILES string of the molecule is CCCC(=O)N1CCC(CCNC(=O)CC2C(=O)Nc3ccccc3N2S(=O)(=O)c2cc(C)c(Cl)cc2C)CC1. The van der Waals surface area contributed by atoms with Gasteiger partial charge in [-0.25, -0.2) is 8.42 Å². The van der Waals surface area contributed by atoms with Crippen molar-refractivity contribution in [2.75, 3.05) is 29.3 Å². The summed E-state index contributed by atoms with van der Waals surface area (Å²) in [5.74, 6) is -0.377. The van der Waals surface area contributed by atoms with Gasteiger partial charge < -0.3 is 15.5 Å². The number of carbonyl (C=O) groups excluding carboxylic acids is 3. The maximum Gasteiger partial charge on any atom is 0.265 e. The van der Waals surface area contributed by atoms with Gasteiger partial charge in [0.25, 0.3) is 10.0 Å². The van der Waals surface area contributed by atoms with Crippen molar-refractivity contribution in [3.63, 3.8) is 0 Å². The van der Waals surface area contributed by atoms with Crippen LogP contribution in [0.2, 0.25) is 5.02 Å². The quantitative estimate of drug-likeness (QED) is 0.450. The Bertz CT molecular complexity index is 1390. The molecule has 0 aliphatic carbocycles. The first-order valence-electron chi connectivity index (χ1n) is 13.8. The number of sulfonamides is 1. The second kappa shape index (κ2) is 12.6. The second-order valence-electron chi connectivity index (χ2n) is 10.6. The number of hydrogen-bond acceptors (Lipinski definition) is 5. The van der Waals surface area contributed by atoms with Crippen molar-refractivity contribution in [2.45, 2.75) is 70.2 Å². The third kappa shape index (κ3) is 6.44. The average molecular weight is 589 g/mol. The number of aryl methyl sites for hydroxylation is 2. The summed E-state index contributed by atoms with van der Waals surface area (Å²) in [5, 5.41) is 6.08. The van der Waals surface area contributed by atoms with E-state index < -0.39 is 27.9 Å². The molecule has 0 spiro atoms. The number of anilines is 2. The van der Waals surface area contributed by atoms with Crippen LogP contribution in [-0.4, -0.2) is 56.7 Å². The summed E-state index contributed by atoms with van der Waals surface area (Å²) in [6.07, 6.45) is 3.62. The van der Waals surface area contributed by atoms with Gasteiger partial charge in [-0.15, -0.1) is 0 Å². The largest absolute Gasteiger partial charge is 0.356 e. The van der Waals surface area contributed by atoms with Crippen LogP contribution in [0.1, 0.15) is 56.6 Å². The number of fused-ring (bicyclic) bond motifs is 1. The van der Waals surface area contributed by atoms with Crippen LogP contribution in [0.4, 0.5) is 11.4 Å². The molecule has 3 amide bonds. The molecule has 1 saturated heterocycles. The summed E-state index contributed by atoms with van der Waals surface area (Å²) in [5.41, 5.74) is 1.70. The Hall–Kier alpha value is -3.11. The first kappa shape index (κ1) is 29.9. The molecule has 0 aromatic heterocycles. The molecule has 11 heteroatoms. The van der Waals surface area contributed by atoms with Crippen molar-refractivity contribution in [2.24, 2.45) is 5.92 Å². The lowest BCUT2D eigenvalue weighted by molar-refractivity contribution is -0.132. The fourth-order valence-electron chi connectivity index (χ4n) is 5.38.